The van der Waals surface area contributed by atoms with Crippen molar-refractivity contribution < 1.29 is 14.1 Å². The molecular formula is C15H17N5O3. The monoisotopic (exact) mass is 315 g/mol. The Balaban J connectivity index is 1.59. The van der Waals surface area contributed by atoms with Gasteiger partial charge in [0.1, 0.15) is 5.76 Å². The van der Waals surface area contributed by atoms with Crippen LogP contribution in [0.2, 0.25) is 0 Å². The smallest absolute Gasteiger partial charge is 0.276 e. The summed E-state index contributed by atoms with van der Waals surface area (Å²) in [5, 5.41) is 7.93. The highest BCUT2D eigenvalue weighted by Crippen LogP contribution is 2.36. The fourth-order valence-electron chi connectivity index (χ4n) is 3.58. The summed E-state index contributed by atoms with van der Waals surface area (Å²) in [7, 11) is 1.82. The lowest BCUT2D eigenvalue weighted by atomic mass is 10.1. The minimum absolute atomic E-state index is 0.00338. The number of likely N-dealkylation sites (tertiary alicyclic amines) is 1. The van der Waals surface area contributed by atoms with E-state index in [9.17, 15) is 9.59 Å². The van der Waals surface area contributed by atoms with Gasteiger partial charge in [0.05, 0.1) is 24.0 Å². The van der Waals surface area contributed by atoms with Crippen LogP contribution in [0, 0.1) is 6.92 Å². The van der Waals surface area contributed by atoms with Crippen molar-refractivity contribution in [2.45, 2.75) is 31.8 Å². The number of anilines is 1. The third-order valence-corrected chi connectivity index (χ3v) is 4.57. The van der Waals surface area contributed by atoms with Crippen LogP contribution in [0.25, 0.3) is 0 Å². The number of rotatable bonds is 2. The van der Waals surface area contributed by atoms with E-state index in [0.717, 1.165) is 12.1 Å². The molecule has 8 heteroatoms. The lowest BCUT2D eigenvalue weighted by molar-refractivity contribution is -0.117. The molecular weight excluding hydrogens is 298 g/mol. The second kappa shape index (κ2) is 4.94. The molecule has 0 radical (unpaired) electrons. The molecule has 2 aliphatic rings. The Labute approximate surface area is 132 Å². The molecule has 0 spiro atoms. The zero-order valence-electron chi connectivity index (χ0n) is 13.0. The Hall–Kier alpha value is -2.64. The summed E-state index contributed by atoms with van der Waals surface area (Å²) in [6, 6.07) is 1.52. The molecule has 8 nitrogen and oxygen atoms in total. The van der Waals surface area contributed by atoms with Gasteiger partial charge in [0.2, 0.25) is 5.91 Å². The van der Waals surface area contributed by atoms with Crippen LogP contribution in [0.1, 0.15) is 29.1 Å². The number of aryl methyl sites for hydroxylation is 2. The predicted molar refractivity (Wildman–Crippen MR) is 79.8 cm³/mol. The molecule has 4 rings (SSSR count). The van der Waals surface area contributed by atoms with Gasteiger partial charge in [-0.15, -0.1) is 0 Å². The fourth-order valence-corrected chi connectivity index (χ4v) is 3.58. The van der Waals surface area contributed by atoms with E-state index in [1.807, 2.05) is 13.2 Å². The molecule has 23 heavy (non-hydrogen) atoms. The van der Waals surface area contributed by atoms with Gasteiger partial charge >= 0.3 is 0 Å². The van der Waals surface area contributed by atoms with Gasteiger partial charge in [-0.25, -0.2) is 0 Å². The first-order valence-corrected chi connectivity index (χ1v) is 7.59. The van der Waals surface area contributed by atoms with Crippen LogP contribution in [-0.4, -0.2) is 50.3 Å². The van der Waals surface area contributed by atoms with Crippen LogP contribution in [0.3, 0.4) is 0 Å². The quantitative estimate of drug-likeness (QED) is 0.816. The first-order chi connectivity index (χ1) is 11.0. The van der Waals surface area contributed by atoms with Gasteiger partial charge in [-0.1, -0.05) is 5.16 Å². The predicted octanol–water partition coefficient (Wildman–Crippen LogP) is 0.737. The molecule has 0 aromatic carbocycles. The van der Waals surface area contributed by atoms with Gasteiger partial charge in [-0.2, -0.15) is 5.10 Å². The fraction of sp³-hybridized carbons (Fsp3) is 0.467. The van der Waals surface area contributed by atoms with Gasteiger partial charge in [-0.05, 0) is 13.3 Å². The molecule has 0 N–H and O–H groups in total. The summed E-state index contributed by atoms with van der Waals surface area (Å²) in [4.78, 5) is 28.6. The number of nitrogens with zero attached hydrogens (tertiary/aromatic N) is 5. The minimum Gasteiger partial charge on any atom is -0.361 e. The van der Waals surface area contributed by atoms with E-state index in [1.54, 1.807) is 33.7 Å². The van der Waals surface area contributed by atoms with Crippen LogP contribution in [0.4, 0.5) is 5.69 Å². The topological polar surface area (TPSA) is 84.5 Å². The highest BCUT2D eigenvalue weighted by Gasteiger charge is 2.49. The molecule has 2 aromatic rings. The van der Waals surface area contributed by atoms with Crippen molar-refractivity contribution in [3.8, 4) is 0 Å². The lowest BCUT2D eigenvalue weighted by Crippen LogP contribution is -2.40. The van der Waals surface area contributed by atoms with Gasteiger partial charge in [0.25, 0.3) is 5.91 Å². The van der Waals surface area contributed by atoms with Crippen molar-refractivity contribution in [2.24, 2.45) is 7.05 Å². The SMILES string of the molecule is Cc1cc(C(=O)N2CC[C@@H]3[C@@H]2CC(=O)N3c2cnn(C)c2)no1. The Morgan fingerprint density at radius 3 is 2.87 bits per heavy atom. The van der Waals surface area contributed by atoms with Crippen molar-refractivity contribution in [2.75, 3.05) is 11.4 Å². The van der Waals surface area contributed by atoms with Gasteiger partial charge < -0.3 is 14.3 Å². The highest BCUT2D eigenvalue weighted by atomic mass is 16.5. The summed E-state index contributed by atoms with van der Waals surface area (Å²) in [5.41, 5.74) is 1.09. The molecule has 0 aliphatic carbocycles. The zero-order valence-corrected chi connectivity index (χ0v) is 13.0. The first kappa shape index (κ1) is 14.0. The van der Waals surface area contributed by atoms with Crippen LogP contribution in [0.15, 0.2) is 23.0 Å². The first-order valence-electron chi connectivity index (χ1n) is 7.59. The number of fused-ring (bicyclic) bond motifs is 1. The maximum atomic E-state index is 12.6. The average molecular weight is 315 g/mol. The largest absolute Gasteiger partial charge is 0.361 e. The Bertz CT molecular complexity index is 780. The molecule has 2 saturated heterocycles. The van der Waals surface area contributed by atoms with E-state index in [1.165, 1.54) is 0 Å². The van der Waals surface area contributed by atoms with Gasteiger partial charge in [0, 0.05) is 32.3 Å². The molecule has 2 atom stereocenters. The third kappa shape index (κ3) is 2.13. The van der Waals surface area contributed by atoms with E-state index >= 15 is 0 Å². The van der Waals surface area contributed by atoms with E-state index in [4.69, 9.17) is 4.52 Å². The molecule has 0 saturated carbocycles. The molecule has 0 unspecified atom stereocenters. The molecule has 120 valence electrons. The van der Waals surface area contributed by atoms with Crippen molar-refractivity contribution >= 4 is 17.5 Å². The van der Waals surface area contributed by atoms with Gasteiger partial charge in [0.15, 0.2) is 5.69 Å². The summed E-state index contributed by atoms with van der Waals surface area (Å²) in [5.74, 6) is 0.459. The van der Waals surface area contributed by atoms with Crippen molar-refractivity contribution in [1.82, 2.24) is 19.8 Å². The van der Waals surface area contributed by atoms with Crippen LogP contribution >= 0.6 is 0 Å². The Morgan fingerprint density at radius 1 is 1.39 bits per heavy atom. The summed E-state index contributed by atoms with van der Waals surface area (Å²) >= 11 is 0. The third-order valence-electron chi connectivity index (χ3n) is 4.57. The molecule has 2 amide bonds. The second-order valence-electron chi connectivity index (χ2n) is 6.08. The average Bonchev–Trinajstić information content (AvgIpc) is 3.24. The molecule has 2 fully saturated rings. The normalized spacial score (nSPS) is 23.7. The van der Waals surface area contributed by atoms with E-state index in [0.29, 0.717) is 24.4 Å². The lowest BCUT2D eigenvalue weighted by Gasteiger charge is -2.24. The molecule has 4 heterocycles. The van der Waals surface area contributed by atoms with E-state index in [2.05, 4.69) is 10.3 Å². The number of carbonyl (C=O) groups is 2. The number of carbonyl (C=O) groups excluding carboxylic acids is 2. The van der Waals surface area contributed by atoms with Crippen LogP contribution in [-0.2, 0) is 11.8 Å². The number of hydrogen-bond donors (Lipinski definition) is 0. The zero-order chi connectivity index (χ0) is 16.1. The van der Waals surface area contributed by atoms with Crippen LogP contribution in [0.5, 0.6) is 0 Å². The van der Waals surface area contributed by atoms with Crippen molar-refractivity contribution in [3.05, 3.63) is 29.9 Å². The van der Waals surface area contributed by atoms with Crippen molar-refractivity contribution in [1.29, 1.82) is 0 Å². The van der Waals surface area contributed by atoms with Crippen LogP contribution < -0.4 is 4.90 Å². The second-order valence-corrected chi connectivity index (χ2v) is 6.08. The standard InChI is InChI=1S/C15H17N5O3/c1-9-5-11(17-23-9)15(22)19-4-3-12-13(19)6-14(21)20(12)10-7-16-18(2)8-10/h5,7-8,12-13H,3-4,6H2,1-2H3/t12-,13+/m1/s1. The van der Waals surface area contributed by atoms with Gasteiger partial charge in [-0.3, -0.25) is 14.3 Å². The Kier molecular flexibility index (Phi) is 3.00. The number of amides is 2. The molecule has 2 aromatic heterocycles. The Morgan fingerprint density at radius 2 is 2.22 bits per heavy atom. The molecule has 0 bridgehead atoms. The van der Waals surface area contributed by atoms with E-state index in [-0.39, 0.29) is 23.9 Å². The molecule has 2 aliphatic heterocycles. The number of hydrogen-bond acceptors (Lipinski definition) is 5. The van der Waals surface area contributed by atoms with Crippen molar-refractivity contribution in [3.63, 3.8) is 0 Å². The highest BCUT2D eigenvalue weighted by molar-refractivity contribution is 5.99. The maximum Gasteiger partial charge on any atom is 0.276 e. The summed E-state index contributed by atoms with van der Waals surface area (Å²) in [6.07, 6.45) is 4.60. The summed E-state index contributed by atoms with van der Waals surface area (Å²) in [6.45, 7) is 2.36. The number of aromatic nitrogens is 3. The maximum absolute atomic E-state index is 12.6. The summed E-state index contributed by atoms with van der Waals surface area (Å²) < 4.78 is 6.66. The minimum atomic E-state index is -0.171. The van der Waals surface area contributed by atoms with E-state index < -0.39 is 0 Å².